The van der Waals surface area contributed by atoms with Crippen molar-refractivity contribution in [3.8, 4) is 0 Å². The van der Waals surface area contributed by atoms with Gasteiger partial charge in [0, 0.05) is 43.1 Å². The maximum Gasteiger partial charge on any atom is 0.254 e. The van der Waals surface area contributed by atoms with Crippen molar-refractivity contribution in [3.63, 3.8) is 0 Å². The van der Waals surface area contributed by atoms with Crippen LogP contribution in [0.2, 0.25) is 0 Å². The number of fused-ring (bicyclic) bond motifs is 1. The molecule has 8 nitrogen and oxygen atoms in total. The minimum atomic E-state index is -3.71. The molecule has 0 aliphatic carbocycles. The molecule has 1 fully saturated rings. The van der Waals surface area contributed by atoms with Crippen LogP contribution >= 0.6 is 0 Å². The lowest BCUT2D eigenvalue weighted by Gasteiger charge is -2.26. The zero-order valence-electron chi connectivity index (χ0n) is 16.8. The van der Waals surface area contributed by atoms with Crippen LogP contribution in [0.4, 0.5) is 0 Å². The fourth-order valence-corrected chi connectivity index (χ4v) is 4.97. The zero-order chi connectivity index (χ0) is 21.0. The molecule has 2 heterocycles. The van der Waals surface area contributed by atoms with E-state index in [2.05, 4.69) is 4.98 Å². The number of sulfonamides is 1. The molecule has 0 atom stereocenters. The van der Waals surface area contributed by atoms with Crippen molar-refractivity contribution in [3.05, 3.63) is 40.2 Å². The molecule has 1 amide bonds. The number of hydrogen-bond acceptors (Lipinski definition) is 5. The fraction of sp³-hybridized carbons (Fsp3) is 0.500. The Morgan fingerprint density at radius 1 is 1.14 bits per heavy atom. The van der Waals surface area contributed by atoms with Crippen molar-refractivity contribution in [2.24, 2.45) is 0 Å². The van der Waals surface area contributed by atoms with Crippen molar-refractivity contribution in [2.75, 3.05) is 39.4 Å². The summed E-state index contributed by atoms with van der Waals surface area (Å²) in [5, 5.41) is 0.432. The summed E-state index contributed by atoms with van der Waals surface area (Å²) in [4.78, 5) is 29.8. The van der Waals surface area contributed by atoms with E-state index in [0.717, 1.165) is 12.8 Å². The number of rotatable bonds is 7. The first kappa shape index (κ1) is 21.5. The molecule has 0 bridgehead atoms. The van der Waals surface area contributed by atoms with Crippen LogP contribution in [0.1, 0.15) is 37.0 Å². The number of amides is 1. The Hall–Kier alpha value is -2.23. The van der Waals surface area contributed by atoms with Gasteiger partial charge in [-0.05, 0) is 31.0 Å². The summed E-state index contributed by atoms with van der Waals surface area (Å²) in [5.74, 6) is -0.259. The van der Waals surface area contributed by atoms with Crippen LogP contribution in [0.15, 0.2) is 34.0 Å². The van der Waals surface area contributed by atoms with Crippen molar-refractivity contribution in [1.82, 2.24) is 14.2 Å². The van der Waals surface area contributed by atoms with Gasteiger partial charge in [0.05, 0.1) is 23.7 Å². The predicted molar refractivity (Wildman–Crippen MR) is 111 cm³/mol. The maximum atomic E-state index is 13.2. The van der Waals surface area contributed by atoms with Crippen LogP contribution in [0, 0.1) is 0 Å². The second-order valence-electron chi connectivity index (χ2n) is 7.06. The molecule has 0 radical (unpaired) electrons. The minimum Gasteiger partial charge on any atom is -0.379 e. The molecule has 0 spiro atoms. The van der Waals surface area contributed by atoms with Crippen molar-refractivity contribution < 1.29 is 17.9 Å². The highest BCUT2D eigenvalue weighted by Gasteiger charge is 2.27. The Kier molecular flexibility index (Phi) is 6.71. The van der Waals surface area contributed by atoms with Crippen LogP contribution in [0.5, 0.6) is 0 Å². The monoisotopic (exact) mass is 421 g/mol. The summed E-state index contributed by atoms with van der Waals surface area (Å²) in [7, 11) is -3.71. The molecule has 3 rings (SSSR count). The van der Waals surface area contributed by atoms with Crippen LogP contribution < -0.4 is 5.56 Å². The lowest BCUT2D eigenvalue weighted by Crippen LogP contribution is -2.40. The van der Waals surface area contributed by atoms with E-state index in [0.29, 0.717) is 50.3 Å². The lowest BCUT2D eigenvalue weighted by molar-refractivity contribution is 0.0730. The molecular weight excluding hydrogens is 394 g/mol. The summed E-state index contributed by atoms with van der Waals surface area (Å²) >= 11 is 0. The first-order chi connectivity index (χ1) is 13.9. The number of aromatic nitrogens is 1. The summed E-state index contributed by atoms with van der Waals surface area (Å²) in [6, 6.07) is 5.76. The van der Waals surface area contributed by atoms with Gasteiger partial charge in [-0.25, -0.2) is 8.42 Å². The van der Waals surface area contributed by atoms with E-state index < -0.39 is 15.6 Å². The van der Waals surface area contributed by atoms with E-state index in [1.807, 2.05) is 13.8 Å². The topological polar surface area (TPSA) is 99.8 Å². The summed E-state index contributed by atoms with van der Waals surface area (Å²) in [6.07, 6.45) is 1.59. The van der Waals surface area contributed by atoms with Gasteiger partial charge in [0.15, 0.2) is 0 Å². The Balaban J connectivity index is 2.10. The van der Waals surface area contributed by atoms with Gasteiger partial charge in [-0.1, -0.05) is 13.8 Å². The number of aromatic amines is 1. The molecule has 1 aliphatic rings. The normalized spacial score (nSPS) is 15.5. The molecule has 1 saturated heterocycles. The van der Waals surface area contributed by atoms with Gasteiger partial charge >= 0.3 is 0 Å². The number of morpholine rings is 1. The zero-order valence-corrected chi connectivity index (χ0v) is 17.6. The predicted octanol–water partition coefficient (Wildman–Crippen LogP) is 1.81. The first-order valence-electron chi connectivity index (χ1n) is 9.92. The molecule has 1 N–H and O–H groups in total. The molecule has 0 unspecified atom stereocenters. The van der Waals surface area contributed by atoms with Gasteiger partial charge in [0.2, 0.25) is 15.6 Å². The third-order valence-corrected chi connectivity index (χ3v) is 6.82. The van der Waals surface area contributed by atoms with E-state index in [1.54, 1.807) is 11.0 Å². The smallest absolute Gasteiger partial charge is 0.254 e. The van der Waals surface area contributed by atoms with E-state index in [1.165, 1.54) is 22.5 Å². The quantitative estimate of drug-likeness (QED) is 0.735. The highest BCUT2D eigenvalue weighted by Crippen LogP contribution is 2.24. The van der Waals surface area contributed by atoms with Gasteiger partial charge in [-0.15, -0.1) is 0 Å². The highest BCUT2D eigenvalue weighted by atomic mass is 32.2. The fourth-order valence-electron chi connectivity index (χ4n) is 3.53. The largest absolute Gasteiger partial charge is 0.379 e. The third kappa shape index (κ3) is 4.52. The molecule has 158 valence electrons. The van der Waals surface area contributed by atoms with Gasteiger partial charge in [-0.2, -0.15) is 4.31 Å². The molecule has 29 heavy (non-hydrogen) atoms. The Morgan fingerprint density at radius 2 is 1.79 bits per heavy atom. The van der Waals surface area contributed by atoms with Crippen molar-refractivity contribution in [2.45, 2.75) is 31.6 Å². The van der Waals surface area contributed by atoms with Crippen molar-refractivity contribution >= 4 is 26.8 Å². The molecule has 9 heteroatoms. The van der Waals surface area contributed by atoms with Gasteiger partial charge in [0.25, 0.3) is 5.91 Å². The maximum absolute atomic E-state index is 13.2. The number of ether oxygens (including phenoxy) is 1. The minimum absolute atomic E-state index is 0.102. The Bertz CT molecular complexity index is 1040. The molecule has 1 aliphatic heterocycles. The second kappa shape index (κ2) is 9.06. The van der Waals surface area contributed by atoms with E-state index in [4.69, 9.17) is 4.74 Å². The Morgan fingerprint density at radius 3 is 2.41 bits per heavy atom. The van der Waals surface area contributed by atoms with Crippen LogP contribution in [-0.2, 0) is 14.8 Å². The first-order valence-corrected chi connectivity index (χ1v) is 11.4. The van der Waals surface area contributed by atoms with Crippen molar-refractivity contribution in [1.29, 1.82) is 0 Å². The third-order valence-electron chi connectivity index (χ3n) is 4.93. The molecular formula is C20H27N3O5S. The average molecular weight is 422 g/mol. The van der Waals surface area contributed by atoms with E-state index >= 15 is 0 Å². The van der Waals surface area contributed by atoms with Gasteiger partial charge in [0.1, 0.15) is 0 Å². The summed E-state index contributed by atoms with van der Waals surface area (Å²) < 4.78 is 32.7. The molecule has 1 aromatic heterocycles. The van der Waals surface area contributed by atoms with Gasteiger partial charge in [-0.3, -0.25) is 9.59 Å². The van der Waals surface area contributed by atoms with Crippen LogP contribution in [0.25, 0.3) is 10.9 Å². The number of carbonyl (C=O) groups is 1. The number of H-pyrrole nitrogens is 1. The van der Waals surface area contributed by atoms with Crippen LogP contribution in [0.3, 0.4) is 0 Å². The number of benzene rings is 1. The summed E-state index contributed by atoms with van der Waals surface area (Å²) in [6.45, 7) is 6.41. The number of nitrogens with one attached hydrogen (secondary N) is 1. The highest BCUT2D eigenvalue weighted by molar-refractivity contribution is 7.89. The SMILES string of the molecule is CCCN(CCC)C(=O)c1cc(=O)[nH]c2ccc(S(=O)(=O)N3CCOCC3)cc12. The number of carbonyl (C=O) groups excluding carboxylic acids is 1. The molecule has 2 aromatic rings. The van der Waals surface area contributed by atoms with E-state index in [9.17, 15) is 18.0 Å². The Labute approximate surface area is 170 Å². The van der Waals surface area contributed by atoms with E-state index in [-0.39, 0.29) is 16.4 Å². The number of pyridine rings is 1. The van der Waals surface area contributed by atoms with Gasteiger partial charge < -0.3 is 14.6 Å². The average Bonchev–Trinajstić information content (AvgIpc) is 2.72. The molecule has 1 aromatic carbocycles. The standard InChI is InChI=1S/C20H27N3O5S/c1-3-7-22(8-4-2)20(25)17-14-19(24)21-18-6-5-15(13-16(17)18)29(26,27)23-9-11-28-12-10-23/h5-6,13-14H,3-4,7-12H2,1-2H3,(H,21,24). The van der Waals surface area contributed by atoms with Crippen LogP contribution in [-0.4, -0.2) is 67.9 Å². The lowest BCUT2D eigenvalue weighted by atomic mass is 10.1. The number of nitrogens with zero attached hydrogens (tertiary/aromatic N) is 2. The summed E-state index contributed by atoms with van der Waals surface area (Å²) in [5.41, 5.74) is 0.275. The number of hydrogen-bond donors (Lipinski definition) is 1. The second-order valence-corrected chi connectivity index (χ2v) is 9.00. The molecule has 0 saturated carbocycles.